The molecule has 0 unspecified atom stereocenters. The number of aryl methyl sites for hydroxylation is 1. The van der Waals surface area contributed by atoms with Gasteiger partial charge in [-0.05, 0) is 37.4 Å². The number of nitrogens with one attached hydrogen (secondary N) is 1. The lowest BCUT2D eigenvalue weighted by atomic mass is 10.3. The molecule has 23 heavy (non-hydrogen) atoms. The number of pyridine rings is 1. The molecule has 0 aliphatic rings. The van der Waals surface area contributed by atoms with Crippen LogP contribution in [-0.2, 0) is 0 Å². The molecule has 0 spiro atoms. The summed E-state index contributed by atoms with van der Waals surface area (Å²) in [6.45, 7) is 1.88. The van der Waals surface area contributed by atoms with Crippen LogP contribution in [0.1, 0.15) is 16.2 Å². The summed E-state index contributed by atoms with van der Waals surface area (Å²) in [6.07, 6.45) is 3.52. The largest absolute Gasteiger partial charge is 0.305 e. The van der Waals surface area contributed by atoms with Crippen LogP contribution in [-0.4, -0.2) is 26.7 Å². The second-order valence-corrected chi connectivity index (χ2v) is 5.69. The zero-order valence-electron chi connectivity index (χ0n) is 12.9. The maximum atomic E-state index is 12.6. The van der Waals surface area contributed by atoms with Crippen LogP contribution in [0, 0.1) is 6.92 Å². The van der Waals surface area contributed by atoms with Gasteiger partial charge in [0.25, 0.3) is 5.91 Å². The molecule has 6 heteroatoms. The summed E-state index contributed by atoms with van der Waals surface area (Å²) in [5, 5.41) is 3.59. The van der Waals surface area contributed by atoms with Crippen LogP contribution in [0.2, 0.25) is 0 Å². The van der Waals surface area contributed by atoms with Gasteiger partial charge in [-0.25, -0.2) is 9.97 Å². The monoisotopic (exact) mass is 324 g/mol. The van der Waals surface area contributed by atoms with E-state index in [1.54, 1.807) is 12.3 Å². The Bertz CT molecular complexity index is 830. The quantitative estimate of drug-likeness (QED) is 0.746. The van der Waals surface area contributed by atoms with Gasteiger partial charge in [0.1, 0.15) is 11.5 Å². The van der Waals surface area contributed by atoms with Gasteiger partial charge in [-0.3, -0.25) is 9.36 Å². The van der Waals surface area contributed by atoms with Crippen molar-refractivity contribution in [3.05, 3.63) is 66.1 Å². The topological polar surface area (TPSA) is 59.8 Å². The Morgan fingerprint density at radius 3 is 2.61 bits per heavy atom. The molecule has 0 saturated carbocycles. The smallest absolute Gasteiger partial charge is 0.275 e. The molecule has 2 aromatic heterocycles. The Morgan fingerprint density at radius 2 is 1.91 bits per heavy atom. The molecule has 0 fully saturated rings. The highest BCUT2D eigenvalue weighted by Crippen LogP contribution is 2.22. The minimum Gasteiger partial charge on any atom is -0.305 e. The van der Waals surface area contributed by atoms with Crippen LogP contribution in [0.15, 0.2) is 59.9 Å². The maximum Gasteiger partial charge on any atom is 0.275 e. The first-order valence-electron chi connectivity index (χ1n) is 7.11. The van der Waals surface area contributed by atoms with Crippen molar-refractivity contribution >= 4 is 23.5 Å². The van der Waals surface area contributed by atoms with Gasteiger partial charge in [-0.2, -0.15) is 0 Å². The molecule has 5 nitrogen and oxygen atoms in total. The van der Waals surface area contributed by atoms with Crippen molar-refractivity contribution < 1.29 is 4.79 Å². The molecular weight excluding hydrogens is 308 g/mol. The number of carbonyl (C=O) groups is 1. The number of thioether (sulfide) groups is 1. The van der Waals surface area contributed by atoms with E-state index in [1.807, 2.05) is 60.2 Å². The standard InChI is InChI=1S/C17H16N4OS/c1-12-7-6-10-15(19-12)20-16(22)14-11-18-17(23-2)21(14)13-8-4-3-5-9-13/h3-11H,1-2H3,(H,19,20,22). The maximum absolute atomic E-state index is 12.6. The molecule has 3 rings (SSSR count). The van der Waals surface area contributed by atoms with E-state index in [0.29, 0.717) is 11.5 Å². The molecular formula is C17H16N4OS. The summed E-state index contributed by atoms with van der Waals surface area (Å²) in [6, 6.07) is 15.2. The molecule has 3 aromatic rings. The summed E-state index contributed by atoms with van der Waals surface area (Å²) >= 11 is 1.49. The zero-order chi connectivity index (χ0) is 16.2. The molecule has 0 atom stereocenters. The van der Waals surface area contributed by atoms with Crippen molar-refractivity contribution in [3.8, 4) is 5.69 Å². The first-order valence-corrected chi connectivity index (χ1v) is 8.33. The number of carbonyl (C=O) groups excluding carboxylic acids is 1. The van der Waals surface area contributed by atoms with Gasteiger partial charge >= 0.3 is 0 Å². The van der Waals surface area contributed by atoms with Crippen LogP contribution in [0.25, 0.3) is 5.69 Å². The predicted octanol–water partition coefficient (Wildman–Crippen LogP) is 3.55. The van der Waals surface area contributed by atoms with E-state index in [4.69, 9.17) is 0 Å². The van der Waals surface area contributed by atoms with Crippen LogP contribution in [0.5, 0.6) is 0 Å². The summed E-state index contributed by atoms with van der Waals surface area (Å²) in [5.74, 6) is 0.293. The lowest BCUT2D eigenvalue weighted by molar-refractivity contribution is 0.101. The first kappa shape index (κ1) is 15.3. The van der Waals surface area contributed by atoms with E-state index in [2.05, 4.69) is 15.3 Å². The Hall–Kier alpha value is -2.60. The van der Waals surface area contributed by atoms with Crippen LogP contribution in [0.4, 0.5) is 5.82 Å². The summed E-state index contributed by atoms with van der Waals surface area (Å²) in [4.78, 5) is 21.3. The molecule has 0 saturated heterocycles. The minimum atomic E-state index is -0.236. The van der Waals surface area contributed by atoms with E-state index in [-0.39, 0.29) is 5.91 Å². The number of hydrogen-bond acceptors (Lipinski definition) is 4. The van der Waals surface area contributed by atoms with Gasteiger partial charge in [0.2, 0.25) is 0 Å². The number of imidazole rings is 1. The van der Waals surface area contributed by atoms with E-state index in [0.717, 1.165) is 16.5 Å². The zero-order valence-corrected chi connectivity index (χ0v) is 13.7. The molecule has 0 bridgehead atoms. The average Bonchev–Trinajstić information content (AvgIpc) is 3.00. The Labute approximate surface area is 138 Å². The average molecular weight is 324 g/mol. The lowest BCUT2D eigenvalue weighted by Crippen LogP contribution is -2.17. The van der Waals surface area contributed by atoms with Gasteiger partial charge in [0, 0.05) is 11.4 Å². The predicted molar refractivity (Wildman–Crippen MR) is 92.3 cm³/mol. The van der Waals surface area contributed by atoms with Gasteiger partial charge in [0.15, 0.2) is 5.16 Å². The number of rotatable bonds is 4. The molecule has 2 heterocycles. The number of benzene rings is 1. The van der Waals surface area contributed by atoms with Gasteiger partial charge < -0.3 is 5.32 Å². The van der Waals surface area contributed by atoms with Crippen LogP contribution < -0.4 is 5.32 Å². The number of amides is 1. The van der Waals surface area contributed by atoms with Crippen LogP contribution >= 0.6 is 11.8 Å². The molecule has 1 N–H and O–H groups in total. The van der Waals surface area contributed by atoms with E-state index >= 15 is 0 Å². The molecule has 0 radical (unpaired) electrons. The lowest BCUT2D eigenvalue weighted by Gasteiger charge is -2.11. The summed E-state index contributed by atoms with van der Waals surface area (Å²) < 4.78 is 1.84. The van der Waals surface area contributed by atoms with Crippen molar-refractivity contribution in [2.75, 3.05) is 11.6 Å². The highest BCUT2D eigenvalue weighted by Gasteiger charge is 2.18. The third-order valence-corrected chi connectivity index (χ3v) is 3.94. The fourth-order valence-electron chi connectivity index (χ4n) is 2.26. The van der Waals surface area contributed by atoms with Crippen molar-refractivity contribution in [2.45, 2.75) is 12.1 Å². The summed E-state index contributed by atoms with van der Waals surface area (Å²) in [7, 11) is 0. The van der Waals surface area contributed by atoms with Crippen LogP contribution in [0.3, 0.4) is 0 Å². The molecule has 1 amide bonds. The normalized spacial score (nSPS) is 10.5. The second kappa shape index (κ2) is 6.66. The highest BCUT2D eigenvalue weighted by molar-refractivity contribution is 7.98. The number of para-hydroxylation sites is 1. The second-order valence-electron chi connectivity index (χ2n) is 4.92. The van der Waals surface area contributed by atoms with Crippen molar-refractivity contribution in [2.24, 2.45) is 0 Å². The Kier molecular flexibility index (Phi) is 4.43. The Morgan fingerprint density at radius 1 is 1.13 bits per heavy atom. The fourth-order valence-corrected chi connectivity index (χ4v) is 2.80. The van der Waals surface area contributed by atoms with Gasteiger partial charge in [-0.15, -0.1) is 0 Å². The number of nitrogens with zero attached hydrogens (tertiary/aromatic N) is 3. The molecule has 1 aromatic carbocycles. The van der Waals surface area contributed by atoms with E-state index in [1.165, 1.54) is 11.8 Å². The fraction of sp³-hybridized carbons (Fsp3) is 0.118. The van der Waals surface area contributed by atoms with Gasteiger partial charge in [-0.1, -0.05) is 36.0 Å². The molecule has 0 aliphatic heterocycles. The van der Waals surface area contributed by atoms with Gasteiger partial charge in [0.05, 0.1) is 6.20 Å². The third-order valence-electron chi connectivity index (χ3n) is 3.29. The highest BCUT2D eigenvalue weighted by atomic mass is 32.2. The molecule has 116 valence electrons. The number of hydrogen-bond donors (Lipinski definition) is 1. The third kappa shape index (κ3) is 3.27. The SMILES string of the molecule is CSc1ncc(C(=O)Nc2cccc(C)n2)n1-c1ccccc1. The number of anilines is 1. The number of aromatic nitrogens is 3. The Balaban J connectivity index is 1.97. The van der Waals surface area contributed by atoms with E-state index in [9.17, 15) is 4.79 Å². The summed E-state index contributed by atoms with van der Waals surface area (Å²) in [5.41, 5.74) is 2.23. The minimum absolute atomic E-state index is 0.236. The van der Waals surface area contributed by atoms with E-state index < -0.39 is 0 Å². The van der Waals surface area contributed by atoms with Crippen molar-refractivity contribution in [1.29, 1.82) is 0 Å². The van der Waals surface area contributed by atoms with Crippen molar-refractivity contribution in [3.63, 3.8) is 0 Å². The molecule has 0 aliphatic carbocycles. The van der Waals surface area contributed by atoms with Crippen molar-refractivity contribution in [1.82, 2.24) is 14.5 Å². The first-order chi connectivity index (χ1) is 11.2.